The van der Waals surface area contributed by atoms with E-state index in [2.05, 4.69) is 4.72 Å². The van der Waals surface area contributed by atoms with Gasteiger partial charge in [0.2, 0.25) is 10.0 Å². The second-order valence-corrected chi connectivity index (χ2v) is 7.04. The molecular formula is C17H16N2O4S. The average molecular weight is 344 g/mol. The highest BCUT2D eigenvalue weighted by Gasteiger charge is 2.22. The van der Waals surface area contributed by atoms with Crippen LogP contribution in [0.2, 0.25) is 0 Å². The third-order valence-corrected chi connectivity index (χ3v) is 5.29. The quantitative estimate of drug-likeness (QED) is 0.920. The normalized spacial score (nSPS) is 14.7. The fourth-order valence-corrected chi connectivity index (χ4v) is 3.88. The SMILES string of the molecule is C[C@H](NS(=O)(=O)c1ccccc1C#N)c1ccc2c(c1)OCCO2. The van der Waals surface area contributed by atoms with Crippen LogP contribution in [0.5, 0.6) is 11.5 Å². The van der Waals surface area contributed by atoms with Crippen molar-refractivity contribution in [2.45, 2.75) is 17.9 Å². The van der Waals surface area contributed by atoms with Crippen LogP contribution in [0, 0.1) is 11.3 Å². The molecule has 2 aromatic carbocycles. The summed E-state index contributed by atoms with van der Waals surface area (Å²) in [6.07, 6.45) is 0. The lowest BCUT2D eigenvalue weighted by Gasteiger charge is -2.21. The van der Waals surface area contributed by atoms with Gasteiger partial charge in [-0.15, -0.1) is 0 Å². The molecule has 0 saturated carbocycles. The minimum Gasteiger partial charge on any atom is -0.486 e. The lowest BCUT2D eigenvalue weighted by atomic mass is 10.1. The molecular weight excluding hydrogens is 328 g/mol. The number of sulfonamides is 1. The lowest BCUT2D eigenvalue weighted by molar-refractivity contribution is 0.171. The zero-order valence-corrected chi connectivity index (χ0v) is 13.8. The number of hydrogen-bond donors (Lipinski definition) is 1. The maximum atomic E-state index is 12.6. The number of nitrogens with one attached hydrogen (secondary N) is 1. The summed E-state index contributed by atoms with van der Waals surface area (Å²) in [5.41, 5.74) is 0.858. The van der Waals surface area contributed by atoms with Crippen molar-refractivity contribution in [3.63, 3.8) is 0 Å². The molecule has 0 aromatic heterocycles. The molecule has 0 bridgehead atoms. The van der Waals surface area contributed by atoms with Crippen LogP contribution >= 0.6 is 0 Å². The Kier molecular flexibility index (Phi) is 4.42. The first kappa shape index (κ1) is 16.3. The van der Waals surface area contributed by atoms with E-state index in [9.17, 15) is 8.42 Å². The van der Waals surface area contributed by atoms with Gasteiger partial charge in [-0.25, -0.2) is 13.1 Å². The third kappa shape index (κ3) is 3.20. The van der Waals surface area contributed by atoms with Gasteiger partial charge in [-0.2, -0.15) is 5.26 Å². The minimum absolute atomic E-state index is 0.0307. The van der Waals surface area contributed by atoms with E-state index in [4.69, 9.17) is 14.7 Å². The fraction of sp³-hybridized carbons (Fsp3) is 0.235. The van der Waals surface area contributed by atoms with E-state index >= 15 is 0 Å². The zero-order chi connectivity index (χ0) is 17.2. The summed E-state index contributed by atoms with van der Waals surface area (Å²) < 4.78 is 38.7. The Labute approximate surface area is 140 Å². The molecule has 1 aliphatic heterocycles. The zero-order valence-electron chi connectivity index (χ0n) is 13.0. The van der Waals surface area contributed by atoms with E-state index in [1.165, 1.54) is 12.1 Å². The molecule has 7 heteroatoms. The molecule has 0 amide bonds. The summed E-state index contributed by atoms with van der Waals surface area (Å²) in [7, 11) is -3.82. The van der Waals surface area contributed by atoms with Crippen molar-refractivity contribution in [2.75, 3.05) is 13.2 Å². The van der Waals surface area contributed by atoms with Crippen molar-refractivity contribution in [3.05, 3.63) is 53.6 Å². The van der Waals surface area contributed by atoms with Crippen molar-refractivity contribution < 1.29 is 17.9 Å². The first-order valence-corrected chi connectivity index (χ1v) is 8.90. The van der Waals surface area contributed by atoms with E-state index in [1.807, 2.05) is 6.07 Å². The number of fused-ring (bicyclic) bond motifs is 1. The highest BCUT2D eigenvalue weighted by Crippen LogP contribution is 2.33. The van der Waals surface area contributed by atoms with Gasteiger partial charge < -0.3 is 9.47 Å². The molecule has 2 aromatic rings. The molecule has 24 heavy (non-hydrogen) atoms. The van der Waals surface area contributed by atoms with Crippen LogP contribution in [0.3, 0.4) is 0 Å². The van der Waals surface area contributed by atoms with Gasteiger partial charge in [-0.05, 0) is 36.8 Å². The summed E-state index contributed by atoms with van der Waals surface area (Å²) >= 11 is 0. The maximum absolute atomic E-state index is 12.6. The van der Waals surface area contributed by atoms with Gasteiger partial charge in [0.1, 0.15) is 19.3 Å². The monoisotopic (exact) mass is 344 g/mol. The number of hydrogen-bond acceptors (Lipinski definition) is 5. The molecule has 3 rings (SSSR count). The predicted molar refractivity (Wildman–Crippen MR) is 87.3 cm³/mol. The third-order valence-electron chi connectivity index (χ3n) is 3.70. The van der Waals surface area contributed by atoms with Gasteiger partial charge >= 0.3 is 0 Å². The Bertz CT molecular complexity index is 903. The molecule has 0 unspecified atom stereocenters. The molecule has 6 nitrogen and oxygen atoms in total. The Morgan fingerprint density at radius 1 is 1.12 bits per heavy atom. The standard InChI is InChI=1S/C17H16N2O4S/c1-12(13-6-7-15-16(10-13)23-9-8-22-15)19-24(20,21)17-5-3-2-4-14(17)11-18/h2-7,10,12,19H,8-9H2,1H3/t12-/m0/s1. The van der Waals surface area contributed by atoms with Gasteiger partial charge in [0.25, 0.3) is 0 Å². The molecule has 0 spiro atoms. The van der Waals surface area contributed by atoms with E-state index in [0.29, 0.717) is 24.7 Å². The Morgan fingerprint density at radius 3 is 2.58 bits per heavy atom. The Hall–Kier alpha value is -2.56. The van der Waals surface area contributed by atoms with Gasteiger partial charge in [-0.3, -0.25) is 0 Å². The van der Waals surface area contributed by atoms with E-state index < -0.39 is 16.1 Å². The highest BCUT2D eigenvalue weighted by atomic mass is 32.2. The average Bonchev–Trinajstić information content (AvgIpc) is 2.60. The Morgan fingerprint density at radius 2 is 1.83 bits per heavy atom. The predicted octanol–water partition coefficient (Wildman–Crippen LogP) is 2.37. The summed E-state index contributed by atoms with van der Waals surface area (Å²) in [5.74, 6) is 1.25. The fourth-order valence-electron chi connectivity index (χ4n) is 2.49. The highest BCUT2D eigenvalue weighted by molar-refractivity contribution is 7.89. The van der Waals surface area contributed by atoms with Crippen molar-refractivity contribution in [2.24, 2.45) is 0 Å². The molecule has 1 N–H and O–H groups in total. The molecule has 1 atom stereocenters. The number of benzene rings is 2. The summed E-state index contributed by atoms with van der Waals surface area (Å²) in [6, 6.07) is 12.8. The van der Waals surface area contributed by atoms with Crippen LogP contribution in [-0.4, -0.2) is 21.6 Å². The van der Waals surface area contributed by atoms with Gasteiger partial charge in [-0.1, -0.05) is 18.2 Å². The number of ether oxygens (including phenoxy) is 2. The second-order valence-electron chi connectivity index (χ2n) is 5.35. The minimum atomic E-state index is -3.82. The summed E-state index contributed by atoms with van der Waals surface area (Å²) in [4.78, 5) is -0.0307. The molecule has 0 saturated heterocycles. The van der Waals surface area contributed by atoms with Crippen LogP contribution in [0.15, 0.2) is 47.4 Å². The maximum Gasteiger partial charge on any atom is 0.242 e. The van der Waals surface area contributed by atoms with Crippen molar-refractivity contribution in [1.82, 2.24) is 4.72 Å². The van der Waals surface area contributed by atoms with Gasteiger partial charge in [0.05, 0.1) is 10.5 Å². The van der Waals surface area contributed by atoms with Crippen LogP contribution in [0.25, 0.3) is 0 Å². The molecule has 1 aliphatic rings. The molecule has 0 aliphatic carbocycles. The van der Waals surface area contributed by atoms with Crippen molar-refractivity contribution >= 4 is 10.0 Å². The van der Waals surface area contributed by atoms with Crippen molar-refractivity contribution in [1.29, 1.82) is 5.26 Å². The van der Waals surface area contributed by atoms with Gasteiger partial charge in [0, 0.05) is 6.04 Å². The summed E-state index contributed by atoms with van der Waals surface area (Å²) in [6.45, 7) is 2.70. The molecule has 0 fully saturated rings. The molecule has 0 radical (unpaired) electrons. The topological polar surface area (TPSA) is 88.4 Å². The first-order valence-electron chi connectivity index (χ1n) is 7.42. The van der Waals surface area contributed by atoms with Crippen LogP contribution in [0.1, 0.15) is 24.1 Å². The number of rotatable bonds is 4. The van der Waals surface area contributed by atoms with E-state index in [0.717, 1.165) is 5.56 Å². The first-order chi connectivity index (χ1) is 11.5. The van der Waals surface area contributed by atoms with E-state index in [-0.39, 0.29) is 10.5 Å². The van der Waals surface area contributed by atoms with Crippen molar-refractivity contribution in [3.8, 4) is 17.6 Å². The van der Waals surface area contributed by atoms with Crippen LogP contribution < -0.4 is 14.2 Å². The molecule has 124 valence electrons. The van der Waals surface area contributed by atoms with Crippen LogP contribution in [0.4, 0.5) is 0 Å². The lowest BCUT2D eigenvalue weighted by Crippen LogP contribution is -2.27. The largest absolute Gasteiger partial charge is 0.486 e. The number of nitrogens with zero attached hydrogens (tertiary/aromatic N) is 1. The van der Waals surface area contributed by atoms with E-state index in [1.54, 1.807) is 37.3 Å². The Balaban J connectivity index is 1.86. The second kappa shape index (κ2) is 6.51. The molecule has 1 heterocycles. The smallest absolute Gasteiger partial charge is 0.242 e. The number of nitriles is 1. The van der Waals surface area contributed by atoms with Gasteiger partial charge in [0.15, 0.2) is 11.5 Å². The summed E-state index contributed by atoms with van der Waals surface area (Å²) in [5, 5.41) is 9.09. The van der Waals surface area contributed by atoms with Crippen LogP contribution in [-0.2, 0) is 10.0 Å².